The van der Waals surface area contributed by atoms with E-state index < -0.39 is 16.0 Å². The van der Waals surface area contributed by atoms with Gasteiger partial charge in [0.2, 0.25) is 10.0 Å². The van der Waals surface area contributed by atoms with Crippen LogP contribution in [0.25, 0.3) is 0 Å². The van der Waals surface area contributed by atoms with Crippen LogP contribution in [0.3, 0.4) is 0 Å². The molecule has 1 aliphatic rings. The van der Waals surface area contributed by atoms with Crippen molar-refractivity contribution in [3.63, 3.8) is 0 Å². The van der Waals surface area contributed by atoms with Gasteiger partial charge in [0, 0.05) is 19.6 Å². The standard InChI is InChI=1S/C19H27N5O4S/c1-4-9-24-18(20-21-22-24)13-28-19(25)16-5-7-17(8-6-16)29(26,27)23-11-14(2)10-15(3)12-23/h5-8,14-15H,4,9-13H2,1-3H3/t14-,15+. The molecule has 0 saturated carbocycles. The third-order valence-corrected chi connectivity index (χ3v) is 6.78. The molecule has 0 N–H and O–H groups in total. The van der Waals surface area contributed by atoms with Crippen molar-refractivity contribution in [2.24, 2.45) is 11.8 Å². The SMILES string of the molecule is CCCn1nnnc1COC(=O)c1ccc(S(=O)(=O)N2C[C@H](C)C[C@H](C)C2)cc1. The van der Waals surface area contributed by atoms with Gasteiger partial charge in [-0.15, -0.1) is 5.10 Å². The molecule has 0 spiro atoms. The number of sulfonamides is 1. The minimum absolute atomic E-state index is 0.0462. The van der Waals surface area contributed by atoms with Gasteiger partial charge in [-0.2, -0.15) is 4.31 Å². The number of nitrogens with zero attached hydrogens (tertiary/aromatic N) is 5. The molecule has 1 fully saturated rings. The Hall–Kier alpha value is -2.33. The second-order valence-corrected chi connectivity index (χ2v) is 9.62. The summed E-state index contributed by atoms with van der Waals surface area (Å²) in [7, 11) is -3.58. The molecule has 0 aliphatic carbocycles. The highest BCUT2D eigenvalue weighted by Crippen LogP contribution is 2.26. The second-order valence-electron chi connectivity index (χ2n) is 7.69. The second kappa shape index (κ2) is 9.00. The van der Waals surface area contributed by atoms with Crippen molar-refractivity contribution >= 4 is 16.0 Å². The fourth-order valence-electron chi connectivity index (χ4n) is 3.64. The Balaban J connectivity index is 1.66. The molecule has 0 radical (unpaired) electrons. The summed E-state index contributed by atoms with van der Waals surface area (Å²) in [6.07, 6.45) is 1.88. The average molecular weight is 422 g/mol. The van der Waals surface area contributed by atoms with Crippen molar-refractivity contribution in [1.82, 2.24) is 24.5 Å². The van der Waals surface area contributed by atoms with Gasteiger partial charge in [-0.1, -0.05) is 20.8 Å². The van der Waals surface area contributed by atoms with Crippen molar-refractivity contribution in [1.29, 1.82) is 0 Å². The van der Waals surface area contributed by atoms with Crippen molar-refractivity contribution in [3.05, 3.63) is 35.7 Å². The van der Waals surface area contributed by atoms with E-state index in [4.69, 9.17) is 4.74 Å². The Kier molecular flexibility index (Phi) is 6.63. The molecular weight excluding hydrogens is 394 g/mol. The van der Waals surface area contributed by atoms with Crippen LogP contribution in [-0.2, 0) is 27.9 Å². The van der Waals surface area contributed by atoms with Crippen LogP contribution in [-0.4, -0.2) is 52.0 Å². The molecule has 0 bridgehead atoms. The molecule has 3 rings (SSSR count). The van der Waals surface area contributed by atoms with Gasteiger partial charge in [-0.25, -0.2) is 17.9 Å². The Morgan fingerprint density at radius 3 is 2.45 bits per heavy atom. The lowest BCUT2D eigenvalue weighted by Crippen LogP contribution is -2.42. The molecule has 1 saturated heterocycles. The first-order valence-corrected chi connectivity index (χ1v) is 11.3. The fraction of sp³-hybridized carbons (Fsp3) is 0.579. The fourth-order valence-corrected chi connectivity index (χ4v) is 5.32. The predicted octanol–water partition coefficient (Wildman–Crippen LogP) is 2.11. The van der Waals surface area contributed by atoms with Gasteiger partial charge < -0.3 is 4.74 Å². The van der Waals surface area contributed by atoms with Crippen LogP contribution in [0.2, 0.25) is 0 Å². The van der Waals surface area contributed by atoms with Gasteiger partial charge >= 0.3 is 5.97 Å². The molecule has 9 nitrogen and oxygen atoms in total. The van der Waals surface area contributed by atoms with Crippen LogP contribution in [0.5, 0.6) is 0 Å². The van der Waals surface area contributed by atoms with Crippen LogP contribution in [0.1, 0.15) is 49.8 Å². The zero-order valence-electron chi connectivity index (χ0n) is 17.0. The number of hydrogen-bond donors (Lipinski definition) is 0. The average Bonchev–Trinajstić information content (AvgIpc) is 3.13. The lowest BCUT2D eigenvalue weighted by atomic mass is 9.94. The van der Waals surface area contributed by atoms with E-state index in [-0.39, 0.29) is 17.1 Å². The van der Waals surface area contributed by atoms with Gasteiger partial charge in [0.1, 0.15) is 0 Å². The summed E-state index contributed by atoms with van der Waals surface area (Å²) < 4.78 is 34.2. The topological polar surface area (TPSA) is 107 Å². The number of aromatic nitrogens is 4. The Morgan fingerprint density at radius 2 is 1.83 bits per heavy atom. The molecule has 29 heavy (non-hydrogen) atoms. The first kappa shape index (κ1) is 21.4. The predicted molar refractivity (Wildman–Crippen MR) is 105 cm³/mol. The summed E-state index contributed by atoms with van der Waals surface area (Å²) in [4.78, 5) is 12.5. The van der Waals surface area contributed by atoms with Crippen LogP contribution in [0, 0.1) is 11.8 Å². The van der Waals surface area contributed by atoms with E-state index in [9.17, 15) is 13.2 Å². The van der Waals surface area contributed by atoms with Crippen LogP contribution in [0.15, 0.2) is 29.2 Å². The lowest BCUT2D eigenvalue weighted by molar-refractivity contribution is 0.0456. The number of rotatable bonds is 7. The third kappa shape index (κ3) is 4.99. The van der Waals surface area contributed by atoms with Crippen LogP contribution >= 0.6 is 0 Å². The third-order valence-electron chi connectivity index (χ3n) is 4.94. The number of esters is 1. The lowest BCUT2D eigenvalue weighted by Gasteiger charge is -2.34. The minimum atomic E-state index is -3.58. The van der Waals surface area contributed by atoms with E-state index in [1.165, 1.54) is 28.6 Å². The number of tetrazole rings is 1. The number of carbonyl (C=O) groups excluding carboxylic acids is 1. The summed E-state index contributed by atoms with van der Waals surface area (Å²) in [6, 6.07) is 5.86. The zero-order valence-corrected chi connectivity index (χ0v) is 17.8. The van der Waals surface area contributed by atoms with Gasteiger partial charge in [-0.3, -0.25) is 0 Å². The zero-order chi connectivity index (χ0) is 21.0. The van der Waals surface area contributed by atoms with Crippen LogP contribution < -0.4 is 0 Å². The van der Waals surface area contributed by atoms with Crippen molar-refractivity contribution in [2.75, 3.05) is 13.1 Å². The molecule has 2 atom stereocenters. The Labute approximate surface area is 171 Å². The first-order valence-electron chi connectivity index (χ1n) is 9.83. The van der Waals surface area contributed by atoms with E-state index in [1.54, 1.807) is 4.68 Å². The molecule has 1 aromatic carbocycles. The molecule has 2 heterocycles. The molecule has 158 valence electrons. The van der Waals surface area contributed by atoms with Gasteiger partial charge in [0.05, 0.1) is 10.5 Å². The number of hydrogen-bond acceptors (Lipinski definition) is 7. The Bertz CT molecular complexity index is 932. The number of ether oxygens (including phenoxy) is 1. The molecular formula is C19H27N5O4S. The van der Waals surface area contributed by atoms with Gasteiger partial charge in [0.15, 0.2) is 12.4 Å². The molecule has 0 unspecified atom stereocenters. The molecule has 2 aromatic rings. The van der Waals surface area contributed by atoms with E-state index >= 15 is 0 Å². The van der Waals surface area contributed by atoms with Gasteiger partial charge in [0.25, 0.3) is 0 Å². The molecule has 0 amide bonds. The summed E-state index contributed by atoms with van der Waals surface area (Å²) in [5.74, 6) is 0.562. The number of aryl methyl sites for hydroxylation is 1. The smallest absolute Gasteiger partial charge is 0.338 e. The maximum absolute atomic E-state index is 12.9. The van der Waals surface area contributed by atoms with Crippen LogP contribution in [0.4, 0.5) is 0 Å². The van der Waals surface area contributed by atoms with Crippen molar-refractivity contribution in [3.8, 4) is 0 Å². The summed E-state index contributed by atoms with van der Waals surface area (Å²) >= 11 is 0. The number of benzene rings is 1. The maximum Gasteiger partial charge on any atom is 0.338 e. The van der Waals surface area contributed by atoms with E-state index in [2.05, 4.69) is 29.4 Å². The van der Waals surface area contributed by atoms with E-state index in [1.807, 2.05) is 6.92 Å². The summed E-state index contributed by atoms with van der Waals surface area (Å²) in [6.45, 7) is 7.75. The summed E-state index contributed by atoms with van der Waals surface area (Å²) in [5.41, 5.74) is 0.277. The first-order chi connectivity index (χ1) is 13.8. The van der Waals surface area contributed by atoms with E-state index in [0.717, 1.165) is 12.8 Å². The highest BCUT2D eigenvalue weighted by atomic mass is 32.2. The molecule has 10 heteroatoms. The monoisotopic (exact) mass is 421 g/mol. The minimum Gasteiger partial charge on any atom is -0.454 e. The van der Waals surface area contributed by atoms with E-state index in [0.29, 0.717) is 37.3 Å². The molecule has 1 aromatic heterocycles. The van der Waals surface area contributed by atoms with Crippen molar-refractivity contribution < 1.29 is 17.9 Å². The summed E-state index contributed by atoms with van der Waals surface area (Å²) in [5, 5.41) is 11.3. The highest BCUT2D eigenvalue weighted by molar-refractivity contribution is 7.89. The number of piperidine rings is 1. The Morgan fingerprint density at radius 1 is 1.17 bits per heavy atom. The highest BCUT2D eigenvalue weighted by Gasteiger charge is 2.31. The normalized spacial score (nSPS) is 20.5. The largest absolute Gasteiger partial charge is 0.454 e. The quantitative estimate of drug-likeness (QED) is 0.630. The molecule has 1 aliphatic heterocycles. The number of carbonyl (C=O) groups is 1. The maximum atomic E-state index is 12.9. The van der Waals surface area contributed by atoms with Gasteiger partial charge in [-0.05, 0) is 59.4 Å². The van der Waals surface area contributed by atoms with Crippen molar-refractivity contribution in [2.45, 2.75) is 51.7 Å².